The lowest BCUT2D eigenvalue weighted by Crippen LogP contribution is -2.47. The third-order valence-corrected chi connectivity index (χ3v) is 5.55. The van der Waals surface area contributed by atoms with Crippen molar-refractivity contribution in [3.8, 4) is 0 Å². The molecule has 1 heterocycles. The number of nitrogens with one attached hydrogen (secondary N) is 2. The zero-order chi connectivity index (χ0) is 18.5. The van der Waals surface area contributed by atoms with Gasteiger partial charge < -0.3 is 10.4 Å². The summed E-state index contributed by atoms with van der Waals surface area (Å²) in [7, 11) is 0. The third kappa shape index (κ3) is 4.32. The predicted molar refractivity (Wildman–Crippen MR) is 103 cm³/mol. The van der Waals surface area contributed by atoms with E-state index in [1.165, 1.54) is 11.6 Å². The molecule has 0 bridgehead atoms. The number of benzene rings is 2. The molecule has 3 nitrogen and oxygen atoms in total. The first-order chi connectivity index (χ1) is 12.6. The Bertz CT molecular complexity index is 707. The van der Waals surface area contributed by atoms with Crippen LogP contribution in [0.5, 0.6) is 0 Å². The summed E-state index contributed by atoms with van der Waals surface area (Å²) in [5.41, 5.74) is 3.26. The molecule has 2 aromatic rings. The molecule has 0 saturated carbocycles. The summed E-state index contributed by atoms with van der Waals surface area (Å²) in [5.74, 6) is 0.0543. The maximum atomic E-state index is 13.5. The molecule has 140 valence electrons. The molecule has 0 aromatic heterocycles. The molecule has 3 N–H and O–H groups in total. The number of piperidine rings is 1. The smallest absolute Gasteiger partial charge is 0.123 e. The van der Waals surface area contributed by atoms with Crippen LogP contribution in [0.2, 0.25) is 0 Å². The minimum absolute atomic E-state index is 0.0955. The van der Waals surface area contributed by atoms with E-state index >= 15 is 0 Å². The minimum atomic E-state index is -0.600. The van der Waals surface area contributed by atoms with Crippen LogP contribution in [0.3, 0.4) is 0 Å². The van der Waals surface area contributed by atoms with Gasteiger partial charge in [-0.1, -0.05) is 43.3 Å². The van der Waals surface area contributed by atoms with Crippen molar-refractivity contribution in [2.45, 2.75) is 44.9 Å². The Balaban J connectivity index is 1.78. The van der Waals surface area contributed by atoms with E-state index in [0.717, 1.165) is 37.1 Å². The van der Waals surface area contributed by atoms with Gasteiger partial charge in [0.2, 0.25) is 0 Å². The van der Waals surface area contributed by atoms with Crippen LogP contribution in [-0.4, -0.2) is 24.4 Å². The standard InChI is InChI=1S/C22H29FN2O/c1-3-21(16-7-5-4-6-8-16)25-22(26)19-11-12-24-14-20(19)18-10-9-17(23)13-15(18)2/h4-10,13,19-22,24-26H,3,11-12,14H2,1-2H3/t19?,20?,21-,22?/m0/s1. The van der Waals surface area contributed by atoms with Crippen molar-refractivity contribution in [2.24, 2.45) is 5.92 Å². The van der Waals surface area contributed by atoms with Crippen LogP contribution >= 0.6 is 0 Å². The normalized spacial score (nSPS) is 22.8. The second-order valence-electron chi connectivity index (χ2n) is 7.25. The molecule has 4 heteroatoms. The summed E-state index contributed by atoms with van der Waals surface area (Å²) in [4.78, 5) is 0. The van der Waals surface area contributed by atoms with Gasteiger partial charge in [0.15, 0.2) is 0 Å². The molecular weight excluding hydrogens is 327 g/mol. The first-order valence-corrected chi connectivity index (χ1v) is 9.56. The maximum absolute atomic E-state index is 13.5. The fourth-order valence-electron chi connectivity index (χ4n) is 4.12. The molecule has 3 rings (SSSR count). The van der Waals surface area contributed by atoms with Crippen LogP contribution in [0.15, 0.2) is 48.5 Å². The van der Waals surface area contributed by atoms with Gasteiger partial charge in [0.25, 0.3) is 0 Å². The fourth-order valence-corrected chi connectivity index (χ4v) is 4.12. The van der Waals surface area contributed by atoms with Gasteiger partial charge in [0, 0.05) is 24.4 Å². The van der Waals surface area contributed by atoms with E-state index in [1.807, 2.05) is 31.2 Å². The van der Waals surface area contributed by atoms with Crippen LogP contribution in [-0.2, 0) is 0 Å². The number of hydrogen-bond donors (Lipinski definition) is 3. The topological polar surface area (TPSA) is 44.3 Å². The second-order valence-corrected chi connectivity index (χ2v) is 7.25. The van der Waals surface area contributed by atoms with E-state index in [1.54, 1.807) is 6.07 Å². The molecule has 1 aliphatic heterocycles. The minimum Gasteiger partial charge on any atom is -0.378 e. The lowest BCUT2D eigenvalue weighted by Gasteiger charge is -2.38. The Hall–Kier alpha value is -1.75. The van der Waals surface area contributed by atoms with Gasteiger partial charge >= 0.3 is 0 Å². The zero-order valence-corrected chi connectivity index (χ0v) is 15.6. The lowest BCUT2D eigenvalue weighted by molar-refractivity contribution is 0.0362. The van der Waals surface area contributed by atoms with Crippen molar-refractivity contribution in [3.63, 3.8) is 0 Å². The van der Waals surface area contributed by atoms with E-state index < -0.39 is 6.23 Å². The van der Waals surface area contributed by atoms with Gasteiger partial charge in [-0.25, -0.2) is 4.39 Å². The number of rotatable bonds is 6. The molecule has 0 radical (unpaired) electrons. The van der Waals surface area contributed by atoms with E-state index in [2.05, 4.69) is 29.7 Å². The summed E-state index contributed by atoms with van der Waals surface area (Å²) >= 11 is 0. The highest BCUT2D eigenvalue weighted by Crippen LogP contribution is 2.34. The van der Waals surface area contributed by atoms with Gasteiger partial charge in [-0.05, 0) is 55.1 Å². The van der Waals surface area contributed by atoms with E-state index in [9.17, 15) is 9.50 Å². The molecule has 1 fully saturated rings. The maximum Gasteiger partial charge on any atom is 0.123 e. The summed E-state index contributed by atoms with van der Waals surface area (Å²) in [6.07, 6.45) is 1.20. The lowest BCUT2D eigenvalue weighted by atomic mass is 9.78. The Labute approximate surface area is 155 Å². The average molecular weight is 356 g/mol. The summed E-state index contributed by atoms with van der Waals surface area (Å²) in [6.45, 7) is 5.77. The number of halogens is 1. The molecule has 3 unspecified atom stereocenters. The van der Waals surface area contributed by atoms with Gasteiger partial charge in [-0.2, -0.15) is 0 Å². The molecule has 0 spiro atoms. The highest BCUT2D eigenvalue weighted by atomic mass is 19.1. The molecule has 4 atom stereocenters. The molecule has 0 aliphatic carbocycles. The van der Waals surface area contributed by atoms with E-state index in [4.69, 9.17) is 0 Å². The fraction of sp³-hybridized carbons (Fsp3) is 0.455. The van der Waals surface area contributed by atoms with Crippen LogP contribution in [0.4, 0.5) is 4.39 Å². The van der Waals surface area contributed by atoms with Crippen LogP contribution in [0.1, 0.15) is 48.4 Å². The van der Waals surface area contributed by atoms with Crippen molar-refractivity contribution >= 4 is 0 Å². The molecule has 0 amide bonds. The van der Waals surface area contributed by atoms with Crippen LogP contribution in [0.25, 0.3) is 0 Å². The summed E-state index contributed by atoms with van der Waals surface area (Å²) < 4.78 is 13.5. The predicted octanol–water partition coefficient (Wildman–Crippen LogP) is 3.89. The number of aryl methyl sites for hydroxylation is 1. The number of aliphatic hydroxyl groups excluding tert-OH is 1. The monoisotopic (exact) mass is 356 g/mol. The highest BCUT2D eigenvalue weighted by molar-refractivity contribution is 5.31. The van der Waals surface area contributed by atoms with Crippen molar-refractivity contribution < 1.29 is 9.50 Å². The summed E-state index contributed by atoms with van der Waals surface area (Å²) in [6, 6.07) is 15.4. The summed E-state index contributed by atoms with van der Waals surface area (Å²) in [5, 5.41) is 17.9. The van der Waals surface area contributed by atoms with Crippen molar-refractivity contribution in [3.05, 3.63) is 71.0 Å². The van der Waals surface area contributed by atoms with Crippen molar-refractivity contribution in [1.82, 2.24) is 10.6 Å². The number of hydrogen-bond acceptors (Lipinski definition) is 3. The van der Waals surface area contributed by atoms with Gasteiger partial charge in [0.1, 0.15) is 12.0 Å². The van der Waals surface area contributed by atoms with Gasteiger partial charge in [0.05, 0.1) is 0 Å². The second kappa shape index (κ2) is 8.76. The third-order valence-electron chi connectivity index (χ3n) is 5.55. The van der Waals surface area contributed by atoms with E-state index in [0.29, 0.717) is 0 Å². The molecule has 26 heavy (non-hydrogen) atoms. The molecule has 2 aromatic carbocycles. The molecular formula is C22H29FN2O. The SMILES string of the molecule is CC[C@H](NC(O)C1CCNCC1c1ccc(F)cc1C)c1ccccc1. The van der Waals surface area contributed by atoms with Crippen molar-refractivity contribution in [1.29, 1.82) is 0 Å². The Kier molecular flexibility index (Phi) is 6.41. The van der Waals surface area contributed by atoms with Gasteiger partial charge in [-0.15, -0.1) is 0 Å². The highest BCUT2D eigenvalue weighted by Gasteiger charge is 2.33. The van der Waals surface area contributed by atoms with Crippen molar-refractivity contribution in [2.75, 3.05) is 13.1 Å². The van der Waals surface area contributed by atoms with Gasteiger partial charge in [-0.3, -0.25) is 5.32 Å². The Morgan fingerprint density at radius 1 is 1.23 bits per heavy atom. The first-order valence-electron chi connectivity index (χ1n) is 9.56. The largest absolute Gasteiger partial charge is 0.378 e. The van der Waals surface area contributed by atoms with E-state index in [-0.39, 0.29) is 23.7 Å². The van der Waals surface area contributed by atoms with Crippen LogP contribution in [0, 0.1) is 18.7 Å². The Morgan fingerprint density at radius 3 is 2.69 bits per heavy atom. The Morgan fingerprint density at radius 2 is 2.00 bits per heavy atom. The zero-order valence-electron chi connectivity index (χ0n) is 15.6. The van der Waals surface area contributed by atoms with Crippen LogP contribution < -0.4 is 10.6 Å². The quantitative estimate of drug-likeness (QED) is 0.688. The average Bonchev–Trinajstić information content (AvgIpc) is 2.66. The first kappa shape index (κ1) is 19.0. The molecule has 1 aliphatic rings. The number of aliphatic hydroxyl groups is 1. The molecule has 1 saturated heterocycles.